The van der Waals surface area contributed by atoms with Gasteiger partial charge in [-0.05, 0) is 44.5 Å². The van der Waals surface area contributed by atoms with Crippen LogP contribution in [0.4, 0.5) is 22.7 Å². The maximum Gasteiger partial charge on any atom is 0.324 e. The number of hydrogen-bond acceptors (Lipinski definition) is 10. The highest BCUT2D eigenvalue weighted by Crippen LogP contribution is 2.38. The average Bonchev–Trinajstić information content (AvgIpc) is 3.29. The van der Waals surface area contributed by atoms with E-state index < -0.39 is 37.6 Å². The van der Waals surface area contributed by atoms with Gasteiger partial charge in [-0.2, -0.15) is 0 Å². The van der Waals surface area contributed by atoms with Crippen molar-refractivity contribution in [1.29, 1.82) is 0 Å². The third-order valence-corrected chi connectivity index (χ3v) is 5.40. The minimum absolute atomic E-state index is 0.315. The van der Waals surface area contributed by atoms with Crippen molar-refractivity contribution in [2.75, 3.05) is 11.9 Å². The van der Waals surface area contributed by atoms with Gasteiger partial charge in [-0.15, -0.1) is 5.10 Å². The molecule has 0 radical (unpaired) electrons. The quantitative estimate of drug-likeness (QED) is 0.243. The number of benzene rings is 3. The first kappa shape index (κ1) is 26.5. The summed E-state index contributed by atoms with van der Waals surface area (Å²) in [4.78, 5) is 27.8. The van der Waals surface area contributed by atoms with E-state index in [9.17, 15) is 30.3 Å². The second-order valence-electron chi connectivity index (χ2n) is 8.06. The maximum absolute atomic E-state index is 10.4. The van der Waals surface area contributed by atoms with E-state index in [1.807, 2.05) is 22.9 Å². The lowest BCUT2D eigenvalue weighted by molar-refractivity contribution is -0.404. The Bertz CT molecular complexity index is 1400. The molecule has 1 aromatic heterocycles. The number of rotatable bonds is 8. The molecule has 0 saturated heterocycles. The Hall–Kier alpha value is -5.14. The molecule has 192 valence electrons. The van der Waals surface area contributed by atoms with Gasteiger partial charge in [-0.3, -0.25) is 30.3 Å². The number of fused-ring (bicyclic) bond motifs is 1. The second kappa shape index (κ2) is 11.5. The van der Waals surface area contributed by atoms with Crippen LogP contribution in [0.2, 0.25) is 0 Å². The predicted octanol–water partition coefficient (Wildman–Crippen LogP) is 4.92. The van der Waals surface area contributed by atoms with Crippen LogP contribution in [-0.4, -0.2) is 41.4 Å². The number of nitrogens with zero attached hydrogens (tertiary/aromatic N) is 6. The zero-order chi connectivity index (χ0) is 27.1. The average molecular weight is 509 g/mol. The number of aromatic nitrogens is 3. The Morgan fingerprint density at radius 3 is 2.11 bits per heavy atom. The van der Waals surface area contributed by atoms with Gasteiger partial charge in [0.25, 0.3) is 11.4 Å². The first-order valence-electron chi connectivity index (χ1n) is 11.0. The Morgan fingerprint density at radius 2 is 1.54 bits per heavy atom. The van der Waals surface area contributed by atoms with Crippen molar-refractivity contribution in [3.05, 3.63) is 96.6 Å². The van der Waals surface area contributed by atoms with E-state index in [0.717, 1.165) is 29.7 Å². The van der Waals surface area contributed by atoms with Crippen LogP contribution in [0.25, 0.3) is 11.0 Å². The molecule has 4 aromatic rings. The van der Waals surface area contributed by atoms with E-state index in [1.165, 1.54) is 5.56 Å². The van der Waals surface area contributed by atoms with Crippen molar-refractivity contribution in [2.24, 2.45) is 0 Å². The van der Waals surface area contributed by atoms with Crippen molar-refractivity contribution in [3.8, 4) is 5.75 Å². The van der Waals surface area contributed by atoms with Gasteiger partial charge < -0.3 is 10.4 Å². The molecule has 0 amide bonds. The number of phenolic OH excluding ortho intramolecular Hbond substituents is 1. The molecule has 2 N–H and O–H groups in total. The minimum Gasteiger partial charge on any atom is -0.497 e. The van der Waals surface area contributed by atoms with Crippen LogP contribution in [0.1, 0.15) is 24.9 Å². The van der Waals surface area contributed by atoms with Crippen molar-refractivity contribution >= 4 is 33.8 Å². The molecule has 1 heterocycles. The van der Waals surface area contributed by atoms with E-state index in [1.54, 1.807) is 0 Å². The number of phenols is 1. The number of nitrogens with one attached hydrogen (secondary N) is 1. The van der Waals surface area contributed by atoms with Crippen molar-refractivity contribution in [2.45, 2.75) is 26.3 Å². The molecule has 3 aromatic carbocycles. The van der Waals surface area contributed by atoms with Gasteiger partial charge in [-0.1, -0.05) is 35.0 Å². The van der Waals surface area contributed by atoms with Crippen LogP contribution in [0.5, 0.6) is 5.75 Å². The molecule has 0 fully saturated rings. The maximum atomic E-state index is 10.4. The van der Waals surface area contributed by atoms with Crippen molar-refractivity contribution < 1.29 is 19.9 Å². The molecular formula is C23H23N7O7. The normalized spacial score (nSPS) is 11.3. The molecule has 14 heteroatoms. The highest BCUT2D eigenvalue weighted by molar-refractivity contribution is 5.74. The first-order valence-corrected chi connectivity index (χ1v) is 11.0. The standard InChI is InChI=1S/C17H20N4.C6H3N3O7/c1-13-7-9-15(10-8-13)18-12-11-14(2)21-17-6-4-3-5-16(17)19-20-21;10-6-4(8(13)14)1-3(7(11)12)2-5(6)9(15)16/h3-10,14,18H,11-12H2,1-2H3;1-2,10H. The molecule has 14 nitrogen and oxygen atoms in total. The minimum atomic E-state index is -1.21. The van der Waals surface area contributed by atoms with E-state index >= 15 is 0 Å². The number of nitro benzene ring substituents is 3. The van der Waals surface area contributed by atoms with Gasteiger partial charge in [0, 0.05) is 12.2 Å². The molecule has 0 saturated carbocycles. The van der Waals surface area contributed by atoms with Gasteiger partial charge in [-0.25, -0.2) is 4.68 Å². The lowest BCUT2D eigenvalue weighted by Crippen LogP contribution is -2.12. The van der Waals surface area contributed by atoms with Crippen LogP contribution in [0.3, 0.4) is 0 Å². The zero-order valence-corrected chi connectivity index (χ0v) is 19.8. The summed E-state index contributed by atoms with van der Waals surface area (Å²) in [6, 6.07) is 17.8. The molecule has 0 spiro atoms. The lowest BCUT2D eigenvalue weighted by Gasteiger charge is -2.13. The number of aromatic hydroxyl groups is 1. The SMILES string of the molecule is Cc1ccc(NCCC(C)n2nnc3ccccc32)cc1.O=[N+]([O-])c1cc([N+](=O)[O-])c(O)c([N+](=O)[O-])c1. The van der Waals surface area contributed by atoms with Gasteiger partial charge in [0.2, 0.25) is 0 Å². The van der Waals surface area contributed by atoms with Crippen LogP contribution in [0.15, 0.2) is 60.7 Å². The smallest absolute Gasteiger partial charge is 0.324 e. The highest BCUT2D eigenvalue weighted by atomic mass is 16.6. The number of anilines is 1. The number of aryl methyl sites for hydroxylation is 1. The lowest BCUT2D eigenvalue weighted by atomic mass is 10.2. The van der Waals surface area contributed by atoms with E-state index in [4.69, 9.17) is 5.11 Å². The van der Waals surface area contributed by atoms with Gasteiger partial charge >= 0.3 is 11.4 Å². The number of hydrogen-bond donors (Lipinski definition) is 2. The highest BCUT2D eigenvalue weighted by Gasteiger charge is 2.30. The topological polar surface area (TPSA) is 192 Å². The summed E-state index contributed by atoms with van der Waals surface area (Å²) in [6.07, 6.45) is 1.00. The first-order chi connectivity index (χ1) is 17.6. The summed E-state index contributed by atoms with van der Waals surface area (Å²) in [5.74, 6) is -1.21. The summed E-state index contributed by atoms with van der Waals surface area (Å²) >= 11 is 0. The molecule has 0 aliphatic rings. The summed E-state index contributed by atoms with van der Waals surface area (Å²) < 4.78 is 2.01. The van der Waals surface area contributed by atoms with Gasteiger partial charge in [0.05, 0.1) is 38.5 Å². The molecule has 37 heavy (non-hydrogen) atoms. The van der Waals surface area contributed by atoms with Crippen LogP contribution in [-0.2, 0) is 0 Å². The predicted molar refractivity (Wildman–Crippen MR) is 135 cm³/mol. The molecule has 4 rings (SSSR count). The monoisotopic (exact) mass is 509 g/mol. The third kappa shape index (κ3) is 6.50. The summed E-state index contributed by atoms with van der Waals surface area (Å²) in [5, 5.41) is 52.1. The largest absolute Gasteiger partial charge is 0.497 e. The van der Waals surface area contributed by atoms with E-state index in [0.29, 0.717) is 18.2 Å². The van der Waals surface area contributed by atoms with Gasteiger partial charge in [0.1, 0.15) is 5.52 Å². The van der Waals surface area contributed by atoms with Crippen LogP contribution in [0, 0.1) is 37.3 Å². The summed E-state index contributed by atoms with van der Waals surface area (Å²) in [7, 11) is 0. The molecule has 0 aliphatic carbocycles. The second-order valence-corrected chi connectivity index (χ2v) is 8.06. The Labute approximate surface area is 209 Å². The Balaban J connectivity index is 0.000000214. The zero-order valence-electron chi connectivity index (χ0n) is 19.8. The van der Waals surface area contributed by atoms with Crippen LogP contribution >= 0.6 is 0 Å². The fourth-order valence-electron chi connectivity index (χ4n) is 3.41. The molecule has 1 unspecified atom stereocenters. The Kier molecular flexibility index (Phi) is 8.24. The molecule has 1 atom stereocenters. The molecule has 0 aliphatic heterocycles. The molecular weight excluding hydrogens is 486 g/mol. The molecule has 0 bridgehead atoms. The fourth-order valence-corrected chi connectivity index (χ4v) is 3.41. The summed E-state index contributed by atoms with van der Waals surface area (Å²) in [5.41, 5.74) is 1.49. The van der Waals surface area contributed by atoms with Crippen molar-refractivity contribution in [1.82, 2.24) is 15.0 Å². The fraction of sp³-hybridized carbons (Fsp3) is 0.217. The third-order valence-electron chi connectivity index (χ3n) is 5.40. The van der Waals surface area contributed by atoms with Crippen LogP contribution < -0.4 is 5.32 Å². The Morgan fingerprint density at radius 1 is 0.946 bits per heavy atom. The summed E-state index contributed by atoms with van der Waals surface area (Å²) in [6.45, 7) is 5.19. The number of para-hydroxylation sites is 1. The van der Waals surface area contributed by atoms with Gasteiger partial charge in [0.15, 0.2) is 0 Å². The number of non-ortho nitro benzene ring substituents is 1. The van der Waals surface area contributed by atoms with Crippen molar-refractivity contribution in [3.63, 3.8) is 0 Å². The van der Waals surface area contributed by atoms with E-state index in [-0.39, 0.29) is 0 Å². The van der Waals surface area contributed by atoms with E-state index in [2.05, 4.69) is 59.8 Å². The number of nitro groups is 3.